The van der Waals surface area contributed by atoms with Crippen LogP contribution in [-0.2, 0) is 14.3 Å². The number of carboxylic acids is 1. The van der Waals surface area contributed by atoms with E-state index in [1.165, 1.54) is 17.0 Å². The fourth-order valence-electron chi connectivity index (χ4n) is 2.36. The molecule has 0 bridgehead atoms. The zero-order valence-electron chi connectivity index (χ0n) is 12.3. The predicted molar refractivity (Wildman–Crippen MR) is 80.1 cm³/mol. The number of hydrogen-bond acceptors (Lipinski definition) is 4. The summed E-state index contributed by atoms with van der Waals surface area (Å²) in [5.74, 6) is -1.87. The van der Waals surface area contributed by atoms with Gasteiger partial charge in [0, 0.05) is 25.3 Å². The number of halogens is 2. The third-order valence-electron chi connectivity index (χ3n) is 3.51. The number of carboxylic acid groups (broad SMARTS) is 1. The van der Waals surface area contributed by atoms with E-state index in [4.69, 9.17) is 26.2 Å². The molecule has 6 nitrogen and oxygen atoms in total. The Bertz CT molecular complexity index is 577. The maximum absolute atomic E-state index is 13.1. The van der Waals surface area contributed by atoms with Crippen LogP contribution in [0.3, 0.4) is 0 Å². The third-order valence-corrected chi connectivity index (χ3v) is 3.80. The molecule has 1 amide bonds. The van der Waals surface area contributed by atoms with Gasteiger partial charge >= 0.3 is 5.97 Å². The van der Waals surface area contributed by atoms with Crippen molar-refractivity contribution in [1.82, 2.24) is 4.90 Å². The number of benzene rings is 1. The molecule has 1 saturated heterocycles. The summed E-state index contributed by atoms with van der Waals surface area (Å²) in [6, 6.07) is 3.56. The summed E-state index contributed by atoms with van der Waals surface area (Å²) in [6.07, 6.45) is 1.17. The first-order valence-electron chi connectivity index (χ1n) is 7.14. The van der Waals surface area contributed by atoms with Crippen molar-refractivity contribution in [2.24, 2.45) is 0 Å². The summed E-state index contributed by atoms with van der Waals surface area (Å²) >= 11 is 5.64. The lowest BCUT2D eigenvalue weighted by Gasteiger charge is -2.33. The summed E-state index contributed by atoms with van der Waals surface area (Å²) < 4.78 is 23.6. The predicted octanol–water partition coefficient (Wildman–Crippen LogP) is 1.95. The highest BCUT2D eigenvalue weighted by atomic mass is 35.5. The molecule has 1 N–H and O–H groups in total. The molecule has 0 atom stereocenters. The van der Waals surface area contributed by atoms with Gasteiger partial charge in [0.05, 0.1) is 5.02 Å². The van der Waals surface area contributed by atoms with E-state index >= 15 is 0 Å². The first-order valence-corrected chi connectivity index (χ1v) is 7.52. The molecule has 2 rings (SSSR count). The Morgan fingerprint density at radius 2 is 2.09 bits per heavy atom. The molecule has 0 aromatic heterocycles. The Hall–Kier alpha value is -1.86. The Morgan fingerprint density at radius 1 is 1.39 bits per heavy atom. The molecule has 1 aliphatic heterocycles. The van der Waals surface area contributed by atoms with Gasteiger partial charge in [0.1, 0.15) is 18.1 Å². The quantitative estimate of drug-likeness (QED) is 0.852. The molecule has 1 aromatic rings. The standard InChI is InChI=1S/C15H17ClFNO5/c16-12-7-11(1-2-13(12)17)23-9-14(19)18(8-15(20)21)10-3-5-22-6-4-10/h1-2,7,10H,3-6,8-9H2,(H,20,21). The topological polar surface area (TPSA) is 76.1 Å². The number of carbonyl (C=O) groups excluding carboxylic acids is 1. The SMILES string of the molecule is O=C(O)CN(C(=O)COc1ccc(F)c(Cl)c1)C1CCOCC1. The van der Waals surface area contributed by atoms with Crippen molar-refractivity contribution >= 4 is 23.5 Å². The van der Waals surface area contributed by atoms with Crippen LogP contribution >= 0.6 is 11.6 Å². The van der Waals surface area contributed by atoms with Crippen molar-refractivity contribution < 1.29 is 28.6 Å². The highest BCUT2D eigenvalue weighted by Gasteiger charge is 2.27. The molecule has 1 aromatic carbocycles. The van der Waals surface area contributed by atoms with Crippen molar-refractivity contribution in [3.05, 3.63) is 29.0 Å². The maximum Gasteiger partial charge on any atom is 0.323 e. The van der Waals surface area contributed by atoms with Crippen LogP contribution in [0.5, 0.6) is 5.75 Å². The van der Waals surface area contributed by atoms with Crippen molar-refractivity contribution in [2.75, 3.05) is 26.4 Å². The number of carbonyl (C=O) groups is 2. The second-order valence-electron chi connectivity index (χ2n) is 5.12. The van der Waals surface area contributed by atoms with Crippen molar-refractivity contribution in [3.63, 3.8) is 0 Å². The lowest BCUT2D eigenvalue weighted by Crippen LogP contribution is -2.47. The Kier molecular flexibility index (Phi) is 6.18. The Labute approximate surface area is 137 Å². The lowest BCUT2D eigenvalue weighted by molar-refractivity contribution is -0.148. The van der Waals surface area contributed by atoms with Gasteiger partial charge in [-0.2, -0.15) is 0 Å². The van der Waals surface area contributed by atoms with Crippen LogP contribution in [0.15, 0.2) is 18.2 Å². The van der Waals surface area contributed by atoms with Gasteiger partial charge in [-0.3, -0.25) is 9.59 Å². The largest absolute Gasteiger partial charge is 0.484 e. The number of ether oxygens (including phenoxy) is 2. The summed E-state index contributed by atoms with van der Waals surface area (Å²) in [4.78, 5) is 24.6. The van der Waals surface area contributed by atoms with Gasteiger partial charge in [0.25, 0.3) is 5.91 Å². The van der Waals surface area contributed by atoms with E-state index < -0.39 is 24.2 Å². The second-order valence-corrected chi connectivity index (χ2v) is 5.53. The molecule has 0 spiro atoms. The van der Waals surface area contributed by atoms with Gasteiger partial charge in [-0.25, -0.2) is 4.39 Å². The minimum absolute atomic E-state index is 0.109. The summed E-state index contributed by atoms with van der Waals surface area (Å²) in [5, 5.41) is 8.88. The van der Waals surface area contributed by atoms with Crippen LogP contribution in [0.4, 0.5) is 4.39 Å². The number of amides is 1. The average molecular weight is 346 g/mol. The summed E-state index contributed by atoms with van der Waals surface area (Å²) in [5.41, 5.74) is 0. The van der Waals surface area contributed by atoms with Gasteiger partial charge < -0.3 is 19.5 Å². The van der Waals surface area contributed by atoms with Crippen LogP contribution in [0.1, 0.15) is 12.8 Å². The molecular formula is C15H17ClFNO5. The smallest absolute Gasteiger partial charge is 0.323 e. The first-order chi connectivity index (χ1) is 11.0. The van der Waals surface area contributed by atoms with Gasteiger partial charge in [0.15, 0.2) is 6.61 Å². The number of aliphatic carboxylic acids is 1. The van der Waals surface area contributed by atoms with Gasteiger partial charge in [0.2, 0.25) is 0 Å². The Balaban J connectivity index is 1.98. The van der Waals surface area contributed by atoms with Crippen LogP contribution in [0.2, 0.25) is 5.02 Å². The van der Waals surface area contributed by atoms with Crippen molar-refractivity contribution in [2.45, 2.75) is 18.9 Å². The highest BCUT2D eigenvalue weighted by molar-refractivity contribution is 6.30. The van der Waals surface area contributed by atoms with Crippen LogP contribution in [-0.4, -0.2) is 54.3 Å². The fourth-order valence-corrected chi connectivity index (χ4v) is 2.53. The fraction of sp³-hybridized carbons (Fsp3) is 0.467. The minimum atomic E-state index is -1.09. The third kappa shape index (κ3) is 5.07. The molecule has 1 heterocycles. The van der Waals surface area contributed by atoms with E-state index in [0.717, 1.165) is 6.07 Å². The van der Waals surface area contributed by atoms with E-state index in [1.807, 2.05) is 0 Å². The average Bonchev–Trinajstić information content (AvgIpc) is 2.54. The molecule has 0 unspecified atom stereocenters. The maximum atomic E-state index is 13.1. The minimum Gasteiger partial charge on any atom is -0.484 e. The first kappa shape index (κ1) is 17.5. The summed E-state index contributed by atoms with van der Waals surface area (Å²) in [6.45, 7) is 0.245. The van der Waals surface area contributed by atoms with E-state index in [2.05, 4.69) is 0 Å². The van der Waals surface area contributed by atoms with E-state index in [1.54, 1.807) is 0 Å². The van der Waals surface area contributed by atoms with Crippen molar-refractivity contribution in [1.29, 1.82) is 0 Å². The zero-order chi connectivity index (χ0) is 16.8. The van der Waals surface area contributed by atoms with Gasteiger partial charge in [-0.05, 0) is 25.0 Å². The molecular weight excluding hydrogens is 329 g/mol. The van der Waals surface area contributed by atoms with Crippen LogP contribution < -0.4 is 4.74 Å². The Morgan fingerprint density at radius 3 is 2.70 bits per heavy atom. The zero-order valence-corrected chi connectivity index (χ0v) is 13.1. The molecule has 8 heteroatoms. The molecule has 0 radical (unpaired) electrons. The van der Waals surface area contributed by atoms with E-state index in [-0.39, 0.29) is 23.4 Å². The van der Waals surface area contributed by atoms with E-state index in [0.29, 0.717) is 26.1 Å². The molecule has 1 fully saturated rings. The molecule has 0 aliphatic carbocycles. The van der Waals surface area contributed by atoms with E-state index in [9.17, 15) is 14.0 Å². The molecule has 126 valence electrons. The highest BCUT2D eigenvalue weighted by Crippen LogP contribution is 2.21. The van der Waals surface area contributed by atoms with Crippen LogP contribution in [0.25, 0.3) is 0 Å². The molecule has 23 heavy (non-hydrogen) atoms. The molecule has 1 aliphatic rings. The lowest BCUT2D eigenvalue weighted by atomic mass is 10.1. The van der Waals surface area contributed by atoms with Crippen molar-refractivity contribution in [3.8, 4) is 5.75 Å². The monoisotopic (exact) mass is 345 g/mol. The molecule has 0 saturated carbocycles. The van der Waals surface area contributed by atoms with Gasteiger partial charge in [-0.15, -0.1) is 0 Å². The number of rotatable bonds is 6. The number of hydrogen-bond donors (Lipinski definition) is 1. The summed E-state index contributed by atoms with van der Waals surface area (Å²) in [7, 11) is 0. The second kappa shape index (κ2) is 8.12. The van der Waals surface area contributed by atoms with Gasteiger partial charge in [-0.1, -0.05) is 11.6 Å². The number of nitrogens with zero attached hydrogens (tertiary/aromatic N) is 1. The van der Waals surface area contributed by atoms with Crippen LogP contribution in [0, 0.1) is 5.82 Å². The normalized spacial score (nSPS) is 15.2.